The first-order chi connectivity index (χ1) is 52.1. The number of nitrogens with one attached hydrogen (secondary N) is 5. The molecular weight excluding hydrogens is 1400 g/mol. The van der Waals surface area contributed by atoms with Crippen LogP contribution in [0.3, 0.4) is 0 Å². The summed E-state index contributed by atoms with van der Waals surface area (Å²) in [6, 6.07) is 17.4. The van der Waals surface area contributed by atoms with Crippen molar-refractivity contribution in [3.63, 3.8) is 0 Å². The summed E-state index contributed by atoms with van der Waals surface area (Å²) >= 11 is 0. The molecule has 33 nitrogen and oxygen atoms in total. The van der Waals surface area contributed by atoms with Gasteiger partial charge in [0.1, 0.15) is 36.3 Å². The first-order valence-electron chi connectivity index (χ1n) is 36.5. The third kappa shape index (κ3) is 42.6. The number of ether oxygens (including phenoxy) is 13. The van der Waals surface area contributed by atoms with E-state index in [2.05, 4.69) is 41.7 Å². The summed E-state index contributed by atoms with van der Waals surface area (Å²) in [5, 5.41) is 54.1. The number of nitrogens with two attached hydrogens (primary N) is 1. The Morgan fingerprint density at radius 3 is 1.33 bits per heavy atom. The number of nitrogens with zero attached hydrogens (tertiary/aromatic N) is 4. The van der Waals surface area contributed by atoms with Gasteiger partial charge in [-0.25, -0.2) is 0 Å². The Morgan fingerprint density at radius 1 is 0.421 bits per heavy atom. The molecule has 1 unspecified atom stereocenters. The van der Waals surface area contributed by atoms with Gasteiger partial charge >= 0.3 is 11.9 Å². The molecule has 0 saturated carbocycles. The second-order valence-electron chi connectivity index (χ2n) is 24.6. The fourth-order valence-electron chi connectivity index (χ4n) is 10.2. The average molecular weight is 1510 g/mol. The SMILES string of the molecule is N=C(N)CCCC[C@@H]1NC(=O)C(CCCCCC(=O)CCOCCOCCOCCOCCOCCOCCOCCOCCOCCOCCOCCOCCCC(=O)OCc2ccc(-c3nnc(-c4ccccc4)nn3)cc2)NC(=O)[C@@H](Cc2ccc(O)cc2)NC(=O)[C@H](CC(=O)O)NC(=O)CCC1=O. The fourth-order valence-corrected chi connectivity index (χ4v) is 10.2. The number of benzene rings is 3. The molecule has 3 aromatic carbocycles. The number of phenols is 1. The van der Waals surface area contributed by atoms with Crippen molar-refractivity contribution in [3.8, 4) is 28.5 Å². The lowest BCUT2D eigenvalue weighted by Crippen LogP contribution is -2.58. The molecule has 4 aromatic rings. The van der Waals surface area contributed by atoms with Gasteiger partial charge in [-0.15, -0.1) is 20.4 Å². The molecule has 592 valence electrons. The molecule has 1 aromatic heterocycles. The number of ketones is 2. The average Bonchev–Trinajstić information content (AvgIpc) is 1.37. The number of carboxylic acid groups (broad SMARTS) is 1. The Hall–Kier alpha value is -8.45. The molecule has 0 aliphatic carbocycles. The first-order valence-corrected chi connectivity index (χ1v) is 36.5. The number of amidine groups is 1. The molecule has 1 aliphatic heterocycles. The van der Waals surface area contributed by atoms with E-state index in [9.17, 15) is 48.6 Å². The number of aromatic hydroxyl groups is 1. The number of esters is 1. The van der Waals surface area contributed by atoms with Gasteiger partial charge in [-0.1, -0.05) is 86.0 Å². The maximum Gasteiger partial charge on any atom is 0.306 e. The number of phenolic OH excluding ortho intramolecular Hbond substituents is 1. The lowest BCUT2D eigenvalue weighted by molar-refractivity contribution is -0.145. The Labute approximate surface area is 624 Å². The summed E-state index contributed by atoms with van der Waals surface area (Å²) in [7, 11) is 0. The molecule has 1 fully saturated rings. The highest BCUT2D eigenvalue weighted by Crippen LogP contribution is 2.19. The highest BCUT2D eigenvalue weighted by Gasteiger charge is 2.33. The van der Waals surface area contributed by atoms with E-state index in [0.29, 0.717) is 201 Å². The molecule has 9 N–H and O–H groups in total. The third-order valence-electron chi connectivity index (χ3n) is 16.0. The van der Waals surface area contributed by atoms with E-state index in [1.165, 1.54) is 24.3 Å². The van der Waals surface area contributed by atoms with Crippen LogP contribution in [0.2, 0.25) is 0 Å². The van der Waals surface area contributed by atoms with Gasteiger partial charge in [-0.3, -0.25) is 43.8 Å². The van der Waals surface area contributed by atoms with Crippen molar-refractivity contribution in [3.05, 3.63) is 90.0 Å². The topological polar surface area (TPSA) is 447 Å². The summed E-state index contributed by atoms with van der Waals surface area (Å²) in [6.07, 6.45) is 2.18. The van der Waals surface area contributed by atoms with Crippen LogP contribution in [0.25, 0.3) is 22.8 Å². The fraction of sp³-hybridized carbons (Fsp3) is 0.608. The molecule has 2 heterocycles. The van der Waals surface area contributed by atoms with Crippen molar-refractivity contribution < 1.29 is 110 Å². The van der Waals surface area contributed by atoms with E-state index in [0.717, 1.165) is 16.7 Å². The monoisotopic (exact) mass is 1500 g/mol. The lowest BCUT2D eigenvalue weighted by Gasteiger charge is -2.26. The number of Topliss-reactive ketones (excluding diaryl/α,β-unsaturated/α-hetero) is 2. The largest absolute Gasteiger partial charge is 0.508 e. The predicted molar refractivity (Wildman–Crippen MR) is 386 cm³/mol. The molecule has 5 rings (SSSR count). The van der Waals surface area contributed by atoms with Crippen LogP contribution in [0.5, 0.6) is 5.75 Å². The van der Waals surface area contributed by atoms with Crippen LogP contribution in [0, 0.1) is 5.41 Å². The Kier molecular flexibility index (Phi) is 47.3. The van der Waals surface area contributed by atoms with E-state index in [1.54, 1.807) is 0 Å². The normalized spacial score (nSPS) is 15.9. The van der Waals surface area contributed by atoms with Gasteiger partial charge in [0.05, 0.1) is 170 Å². The second-order valence-corrected chi connectivity index (χ2v) is 24.6. The Balaban J connectivity index is 0.751. The molecule has 4 atom stereocenters. The first kappa shape index (κ1) is 89.2. The quantitative estimate of drug-likeness (QED) is 0.0135. The van der Waals surface area contributed by atoms with Crippen molar-refractivity contribution in [1.29, 1.82) is 5.41 Å². The Bertz CT molecular complexity index is 3160. The minimum atomic E-state index is -1.61. The van der Waals surface area contributed by atoms with Gasteiger partial charge in [0.2, 0.25) is 35.3 Å². The highest BCUT2D eigenvalue weighted by molar-refractivity contribution is 5.98. The maximum absolute atomic E-state index is 14.1. The predicted octanol–water partition coefficient (Wildman–Crippen LogP) is 3.75. The minimum absolute atomic E-state index is 0.0208. The van der Waals surface area contributed by atoms with Crippen LogP contribution in [0.4, 0.5) is 0 Å². The molecule has 0 spiro atoms. The van der Waals surface area contributed by atoms with Crippen molar-refractivity contribution >= 4 is 53.0 Å². The molecule has 4 amide bonds. The minimum Gasteiger partial charge on any atom is -0.508 e. The number of carbonyl (C=O) groups excluding carboxylic acids is 7. The summed E-state index contributed by atoms with van der Waals surface area (Å²) < 4.78 is 72.0. The Morgan fingerprint density at radius 2 is 0.832 bits per heavy atom. The standard InChI is InChI=1S/C74H108N10O23/c75-66(76)15-8-7-13-61-65(87)25-26-67(88)77-64(53-68(89)90)74(94)80-63(52-55-19-23-60(86)24-20-55)73(93)79-62(72(92)78-61)14-6-2-5-12-59(85)27-29-96-31-33-98-35-37-100-39-41-102-43-45-104-47-49-106-51-50-105-48-46-103-44-42-101-40-38-99-36-34-97-32-30-95-28-9-16-69(91)107-54-56-17-21-58(22-18-56)71-83-81-70(82-84-71)57-10-3-1-4-11-57/h1,3-4,10-11,17-24,61-64,86H,2,5-9,12-16,25-54H2,(H3,75,76)(H,77,88)(H,78,92)(H,79,93)(H,80,94)(H,89,90)/t61-,62?,63+,64-/m0/s1. The van der Waals surface area contributed by atoms with Crippen LogP contribution >= 0.6 is 0 Å². The van der Waals surface area contributed by atoms with Crippen molar-refractivity contribution in [2.24, 2.45) is 5.73 Å². The highest BCUT2D eigenvalue weighted by atomic mass is 16.6. The van der Waals surface area contributed by atoms with Gasteiger partial charge in [-0.2, -0.15) is 0 Å². The van der Waals surface area contributed by atoms with Gasteiger partial charge < -0.3 is 98.8 Å². The zero-order valence-electron chi connectivity index (χ0n) is 61.1. The molecule has 33 heteroatoms. The maximum atomic E-state index is 14.1. The number of unbranched alkanes of at least 4 members (excludes halogenated alkanes) is 3. The second kappa shape index (κ2) is 56.8. The van der Waals surface area contributed by atoms with E-state index < -0.39 is 72.4 Å². The zero-order chi connectivity index (χ0) is 76.6. The number of aromatic nitrogens is 4. The van der Waals surface area contributed by atoms with Crippen molar-refractivity contribution in [2.45, 2.75) is 134 Å². The molecule has 107 heavy (non-hydrogen) atoms. The van der Waals surface area contributed by atoms with Gasteiger partial charge in [-0.05, 0) is 55.4 Å². The summed E-state index contributed by atoms with van der Waals surface area (Å²) in [6.45, 7) is 9.72. The molecular formula is C74H108N10O23. The lowest BCUT2D eigenvalue weighted by atomic mass is 9.99. The number of carbonyl (C=O) groups is 8. The van der Waals surface area contributed by atoms with Crippen LogP contribution in [-0.2, 0) is 113 Å². The molecule has 1 saturated heterocycles. The van der Waals surface area contributed by atoms with Gasteiger partial charge in [0.25, 0.3) is 0 Å². The van der Waals surface area contributed by atoms with Gasteiger partial charge in [0, 0.05) is 62.7 Å². The number of aliphatic carboxylic acids is 1. The van der Waals surface area contributed by atoms with Crippen LogP contribution in [0.15, 0.2) is 78.9 Å². The van der Waals surface area contributed by atoms with E-state index in [1.807, 2.05) is 54.6 Å². The van der Waals surface area contributed by atoms with E-state index in [4.69, 9.17) is 72.7 Å². The number of rotatable bonds is 59. The van der Waals surface area contributed by atoms with Crippen LogP contribution in [-0.4, -0.2) is 266 Å². The summed E-state index contributed by atoms with van der Waals surface area (Å²) in [5.74, 6) is -4.73. The van der Waals surface area contributed by atoms with E-state index >= 15 is 0 Å². The number of hydrogen-bond acceptors (Lipinski definition) is 27. The molecule has 0 bridgehead atoms. The zero-order valence-corrected chi connectivity index (χ0v) is 61.1. The van der Waals surface area contributed by atoms with Crippen LogP contribution in [0.1, 0.15) is 107 Å². The summed E-state index contributed by atoms with van der Waals surface area (Å²) in [4.78, 5) is 105. The smallest absolute Gasteiger partial charge is 0.306 e. The van der Waals surface area contributed by atoms with Gasteiger partial charge in [0.15, 0.2) is 5.78 Å². The number of hydrogen-bond donors (Lipinski definition) is 8. The number of amides is 4. The van der Waals surface area contributed by atoms with Crippen LogP contribution < -0.4 is 27.0 Å². The summed E-state index contributed by atoms with van der Waals surface area (Å²) in [5.41, 5.74) is 8.45. The molecule has 1 aliphatic rings. The van der Waals surface area contributed by atoms with Crippen molar-refractivity contribution in [2.75, 3.05) is 159 Å². The third-order valence-corrected chi connectivity index (χ3v) is 16.0. The number of carboxylic acids is 1. The molecule has 0 radical (unpaired) electrons. The van der Waals surface area contributed by atoms with Crippen molar-refractivity contribution in [1.82, 2.24) is 41.7 Å². The van der Waals surface area contributed by atoms with E-state index in [-0.39, 0.29) is 94.5 Å².